The molecule has 13 heteroatoms. The van der Waals surface area contributed by atoms with Gasteiger partial charge in [0.05, 0.1) is 11.6 Å². The molecule has 0 radical (unpaired) electrons. The van der Waals surface area contributed by atoms with Gasteiger partial charge in [0.2, 0.25) is 23.6 Å². The molecule has 0 aliphatic heterocycles. The van der Waals surface area contributed by atoms with Crippen LogP contribution in [-0.4, -0.2) is 72.8 Å². The molecule has 5 amide bonds. The summed E-state index contributed by atoms with van der Waals surface area (Å²) in [5.74, 6) is -1.83. The molecule has 6 N–H and O–H groups in total. The van der Waals surface area contributed by atoms with Crippen molar-refractivity contribution in [1.82, 2.24) is 31.9 Å². The van der Waals surface area contributed by atoms with Crippen molar-refractivity contribution < 1.29 is 28.7 Å². The maximum Gasteiger partial charge on any atom is 0.252 e. The van der Waals surface area contributed by atoms with E-state index >= 15 is 0 Å². The predicted octanol–water partition coefficient (Wildman–Crippen LogP) is 1.68. The van der Waals surface area contributed by atoms with E-state index in [9.17, 15) is 29.2 Å². The zero-order chi connectivity index (χ0) is 34.8. The fourth-order valence-electron chi connectivity index (χ4n) is 4.94. The van der Waals surface area contributed by atoms with Crippen LogP contribution in [0.2, 0.25) is 0 Å². The molecule has 1 aromatic rings. The molecule has 0 saturated carbocycles. The number of hydrogen-bond donors (Lipinski definition) is 6. The van der Waals surface area contributed by atoms with E-state index in [2.05, 4.69) is 31.9 Å². The normalized spacial score (nSPS) is 15.1. The number of carbonyl (C=O) groups is 5. The van der Waals surface area contributed by atoms with Crippen LogP contribution in [-0.2, 0) is 19.2 Å². The second-order valence-electron chi connectivity index (χ2n) is 12.3. The Morgan fingerprint density at radius 1 is 0.761 bits per heavy atom. The zero-order valence-electron chi connectivity index (χ0n) is 28.9. The molecule has 6 atom stereocenters. The molecule has 1 heterocycles. The van der Waals surface area contributed by atoms with Gasteiger partial charge in [0.15, 0.2) is 12.4 Å². The topological polar surface area (TPSA) is 184 Å². The largest absolute Gasteiger partial charge is 0.619 e. The fraction of sp³-hybridized carbons (Fsp3) is 0.697. The lowest BCUT2D eigenvalue weighted by molar-refractivity contribution is -0.605. The highest BCUT2D eigenvalue weighted by atomic mass is 16.5. The number of nitrogens with zero attached hydrogens (tertiary/aromatic N) is 1. The van der Waals surface area contributed by atoms with Crippen molar-refractivity contribution in [3.05, 3.63) is 35.3 Å². The summed E-state index contributed by atoms with van der Waals surface area (Å²) in [4.78, 5) is 65.2. The lowest BCUT2D eigenvalue weighted by Gasteiger charge is -2.28. The van der Waals surface area contributed by atoms with Gasteiger partial charge in [-0.15, -0.1) is 0 Å². The van der Waals surface area contributed by atoms with Gasteiger partial charge in [-0.2, -0.15) is 4.73 Å². The molecule has 0 aromatic carbocycles. The third-order valence-electron chi connectivity index (χ3n) is 7.78. The molecule has 0 aliphatic rings. The number of likely N-dealkylation sites (N-methyl/N-ethyl adjacent to an activating group) is 1. The summed E-state index contributed by atoms with van der Waals surface area (Å²) in [6.07, 6.45) is 5.93. The first-order chi connectivity index (χ1) is 21.8. The Balaban J connectivity index is 2.96. The molecule has 1 aromatic heterocycles. The fourth-order valence-corrected chi connectivity index (χ4v) is 4.94. The Morgan fingerprint density at radius 2 is 1.33 bits per heavy atom. The number of rotatable bonds is 21. The van der Waals surface area contributed by atoms with E-state index in [4.69, 9.17) is 0 Å². The average Bonchev–Trinajstić information content (AvgIpc) is 3.01. The van der Waals surface area contributed by atoms with Crippen LogP contribution < -0.4 is 36.6 Å². The lowest BCUT2D eigenvalue weighted by Crippen LogP contribution is -2.58. The number of aromatic nitrogens is 1. The van der Waals surface area contributed by atoms with Crippen molar-refractivity contribution in [3.8, 4) is 0 Å². The van der Waals surface area contributed by atoms with Gasteiger partial charge in [-0.25, -0.2) is 0 Å². The average molecular weight is 648 g/mol. The quantitative estimate of drug-likeness (QED) is 0.0866. The Morgan fingerprint density at radius 3 is 1.85 bits per heavy atom. The lowest BCUT2D eigenvalue weighted by atomic mass is 9.97. The Bertz CT molecular complexity index is 1110. The first-order valence-electron chi connectivity index (χ1n) is 16.7. The van der Waals surface area contributed by atoms with Crippen LogP contribution in [0.25, 0.3) is 0 Å². The molecule has 13 nitrogen and oxygen atoms in total. The molecule has 0 fully saturated rings. The summed E-state index contributed by atoms with van der Waals surface area (Å²) in [7, 11) is 0. The van der Waals surface area contributed by atoms with Crippen LogP contribution in [0.5, 0.6) is 0 Å². The first kappa shape index (κ1) is 40.3. The van der Waals surface area contributed by atoms with Gasteiger partial charge in [-0.3, -0.25) is 24.0 Å². The van der Waals surface area contributed by atoms with Crippen molar-refractivity contribution in [2.75, 3.05) is 13.1 Å². The third kappa shape index (κ3) is 14.1. The summed E-state index contributed by atoms with van der Waals surface area (Å²) in [6, 6.07) is -0.543. The molecular weight excluding hydrogens is 590 g/mol. The molecule has 0 unspecified atom stereocenters. The van der Waals surface area contributed by atoms with E-state index < -0.39 is 36.0 Å². The number of amides is 5. The molecule has 0 aliphatic carbocycles. The molecule has 46 heavy (non-hydrogen) atoms. The van der Waals surface area contributed by atoms with Crippen LogP contribution in [0, 0.1) is 17.0 Å². The third-order valence-corrected chi connectivity index (χ3v) is 7.78. The van der Waals surface area contributed by atoms with Crippen molar-refractivity contribution >= 4 is 29.5 Å². The number of hydrogen-bond acceptors (Lipinski definition) is 7. The van der Waals surface area contributed by atoms with Gasteiger partial charge in [-0.05, 0) is 44.9 Å². The highest BCUT2D eigenvalue weighted by molar-refractivity contribution is 5.98. The van der Waals surface area contributed by atoms with E-state index in [0.29, 0.717) is 49.9 Å². The Hall–Kier alpha value is -3.74. The summed E-state index contributed by atoms with van der Waals surface area (Å²) < 4.78 is 0.568. The summed E-state index contributed by atoms with van der Waals surface area (Å²) in [6.45, 7) is 16.0. The van der Waals surface area contributed by atoms with Crippen LogP contribution in [0.3, 0.4) is 0 Å². The monoisotopic (exact) mass is 647 g/mol. The van der Waals surface area contributed by atoms with Crippen LogP contribution >= 0.6 is 0 Å². The molecule has 260 valence electrons. The minimum Gasteiger partial charge on any atom is -0.619 e. The van der Waals surface area contributed by atoms with E-state index in [1.165, 1.54) is 24.5 Å². The van der Waals surface area contributed by atoms with Gasteiger partial charge in [0.25, 0.3) is 5.91 Å². The van der Waals surface area contributed by atoms with Gasteiger partial charge in [-0.1, -0.05) is 60.8 Å². The first-order valence-corrected chi connectivity index (χ1v) is 16.7. The number of pyridine rings is 1. The van der Waals surface area contributed by atoms with Gasteiger partial charge in [0.1, 0.15) is 18.1 Å². The maximum atomic E-state index is 13.5. The smallest absolute Gasteiger partial charge is 0.252 e. The molecular formula is C33H57N7O6. The van der Waals surface area contributed by atoms with Crippen molar-refractivity contribution in [3.63, 3.8) is 0 Å². The number of carbonyl (C=O) groups excluding carboxylic acids is 5. The second-order valence-corrected chi connectivity index (χ2v) is 12.3. The highest BCUT2D eigenvalue weighted by Gasteiger charge is 2.31. The van der Waals surface area contributed by atoms with E-state index in [1.54, 1.807) is 6.92 Å². The SMILES string of the molecule is CCC[C@H](NC(=O)[C@H](C)NC[C@H](CC(C)C)NC(=O)[C@H](CCC)NC(=O)[C@@H](NC(=O)c1cc[n+]([O-])cc1)[C@@H](C)CC)C(=O)NCC. The summed E-state index contributed by atoms with van der Waals surface area (Å²) in [5.41, 5.74) is 0.244. The minimum atomic E-state index is -0.896. The van der Waals surface area contributed by atoms with Crippen molar-refractivity contribution in [2.45, 2.75) is 124 Å². The Kier molecular flexibility index (Phi) is 18.5. The van der Waals surface area contributed by atoms with Crippen LogP contribution in [0.15, 0.2) is 24.5 Å². The number of nitrogens with one attached hydrogen (secondary N) is 6. The van der Waals surface area contributed by atoms with E-state index in [1.807, 2.05) is 48.5 Å². The van der Waals surface area contributed by atoms with Crippen molar-refractivity contribution in [1.29, 1.82) is 0 Å². The van der Waals surface area contributed by atoms with E-state index in [-0.39, 0.29) is 41.2 Å². The Labute approximate surface area is 274 Å². The van der Waals surface area contributed by atoms with Crippen LogP contribution in [0.4, 0.5) is 0 Å². The second kappa shape index (κ2) is 21.1. The minimum absolute atomic E-state index is 0.217. The highest BCUT2D eigenvalue weighted by Crippen LogP contribution is 2.12. The summed E-state index contributed by atoms with van der Waals surface area (Å²) >= 11 is 0. The standard InChI is InChI=1S/C33H57N7O6/c1-9-13-26(31(43)34-12-4)37-29(41)23(8)35-20-25(19-21(5)6)36-32(44)27(14-10-2)38-33(45)28(22(7)11-3)39-30(42)24-15-17-40(46)18-16-24/h15-18,21-23,25-28,35H,9-14,19-20H2,1-8H3,(H,34,43)(H,36,44)(H,37,41)(H,38,45)(H,39,42)/t22-,23-,25-,26-,27-,28-/m0/s1. The van der Waals surface area contributed by atoms with Crippen LogP contribution in [0.1, 0.15) is 104 Å². The summed E-state index contributed by atoms with van der Waals surface area (Å²) in [5, 5.41) is 28.8. The van der Waals surface area contributed by atoms with Gasteiger partial charge < -0.3 is 37.1 Å². The zero-order valence-corrected chi connectivity index (χ0v) is 28.9. The van der Waals surface area contributed by atoms with Gasteiger partial charge in [0, 0.05) is 31.3 Å². The molecule has 0 bridgehead atoms. The predicted molar refractivity (Wildman–Crippen MR) is 177 cm³/mol. The van der Waals surface area contributed by atoms with E-state index in [0.717, 1.165) is 6.42 Å². The maximum absolute atomic E-state index is 13.5. The van der Waals surface area contributed by atoms with Crippen molar-refractivity contribution in [2.24, 2.45) is 11.8 Å². The molecule has 0 spiro atoms. The van der Waals surface area contributed by atoms with Gasteiger partial charge >= 0.3 is 0 Å². The molecule has 0 saturated heterocycles. The molecule has 1 rings (SSSR count).